The number of aliphatic carboxylic acids is 1. The number of likely N-dealkylation sites (tertiary alicyclic amines) is 1. The summed E-state index contributed by atoms with van der Waals surface area (Å²) in [7, 11) is -1.88. The van der Waals surface area contributed by atoms with Crippen LogP contribution < -0.4 is 18.5 Å². The summed E-state index contributed by atoms with van der Waals surface area (Å²) < 4.78 is 78.4. The summed E-state index contributed by atoms with van der Waals surface area (Å²) in [4.78, 5) is 49.5. The maximum absolute atomic E-state index is 15.2. The van der Waals surface area contributed by atoms with Crippen molar-refractivity contribution < 1.29 is 55.3 Å². The molecular weight excluding hydrogens is 786 g/mol. The van der Waals surface area contributed by atoms with Gasteiger partial charge in [-0.3, -0.25) is 14.5 Å². The Morgan fingerprint density at radius 1 is 0.983 bits per heavy atom. The van der Waals surface area contributed by atoms with Crippen molar-refractivity contribution in [1.82, 2.24) is 19.7 Å². The van der Waals surface area contributed by atoms with E-state index in [1.54, 1.807) is 24.0 Å². The summed E-state index contributed by atoms with van der Waals surface area (Å²) in [5, 5.41) is 17.1. The second-order valence-corrected chi connectivity index (χ2v) is 15.4. The molecule has 15 nitrogen and oxygen atoms in total. The summed E-state index contributed by atoms with van der Waals surface area (Å²) in [5.41, 5.74) is -1.22. The molecule has 3 aromatic rings. The van der Waals surface area contributed by atoms with Crippen LogP contribution in [0.25, 0.3) is 0 Å². The number of halogens is 3. The molecule has 1 atom stereocenters. The van der Waals surface area contributed by atoms with Gasteiger partial charge in [0.2, 0.25) is 11.8 Å². The lowest BCUT2D eigenvalue weighted by atomic mass is 9.72. The normalized spacial score (nSPS) is 19.1. The van der Waals surface area contributed by atoms with Crippen molar-refractivity contribution in [3.8, 4) is 23.4 Å². The fourth-order valence-electron chi connectivity index (χ4n) is 7.60. The SMILES string of the molecule is CCOc1ncccc1C1(CC(=O)N2CCC(N3CCN(CC)CC3)CC2)C(=O)N(S(=O)(=O)c2ccc(OC)cc2OC)c2ccc(C#N)cc21.O=C(O)C(F)(F)F. The molecule has 0 radical (unpaired) electrons. The van der Waals surface area contributed by atoms with Crippen LogP contribution in [0, 0.1) is 11.3 Å². The molecule has 2 saturated heterocycles. The number of ether oxygens (including phenoxy) is 3. The lowest BCUT2D eigenvalue weighted by Gasteiger charge is -2.43. The Morgan fingerprint density at radius 3 is 2.22 bits per heavy atom. The highest BCUT2D eigenvalue weighted by Crippen LogP contribution is 2.53. The Kier molecular flexibility index (Phi) is 13.6. The van der Waals surface area contributed by atoms with E-state index in [0.717, 1.165) is 49.9 Å². The number of carbonyl (C=O) groups excluding carboxylic acids is 2. The van der Waals surface area contributed by atoms with Gasteiger partial charge in [-0.05, 0) is 68.3 Å². The number of anilines is 1. The van der Waals surface area contributed by atoms with Crippen molar-refractivity contribution in [3.05, 3.63) is 71.4 Å². The minimum absolute atomic E-state index is 0.0266. The number of aromatic nitrogens is 1. The van der Waals surface area contributed by atoms with Crippen molar-refractivity contribution >= 4 is 33.5 Å². The zero-order chi connectivity index (χ0) is 42.4. The summed E-state index contributed by atoms with van der Waals surface area (Å²) in [6.07, 6.45) is -2.38. The van der Waals surface area contributed by atoms with E-state index in [1.165, 1.54) is 56.8 Å². The molecule has 0 saturated carbocycles. The van der Waals surface area contributed by atoms with Crippen LogP contribution in [0.1, 0.15) is 49.8 Å². The number of piperidine rings is 1. The number of amides is 2. The van der Waals surface area contributed by atoms with Crippen molar-refractivity contribution in [1.29, 1.82) is 5.26 Å². The quantitative estimate of drug-likeness (QED) is 0.293. The number of carbonyl (C=O) groups is 3. The Hall–Kier alpha value is -5.45. The van der Waals surface area contributed by atoms with Gasteiger partial charge in [0.15, 0.2) is 0 Å². The molecule has 4 heterocycles. The van der Waals surface area contributed by atoms with Gasteiger partial charge in [0.1, 0.15) is 21.8 Å². The number of piperazine rings is 1. The first kappa shape index (κ1) is 43.7. The number of sulfonamides is 1. The number of pyridine rings is 1. The number of hydrogen-bond acceptors (Lipinski definition) is 12. The lowest BCUT2D eigenvalue weighted by molar-refractivity contribution is -0.192. The fourth-order valence-corrected chi connectivity index (χ4v) is 9.23. The summed E-state index contributed by atoms with van der Waals surface area (Å²) in [6.45, 7) is 10.2. The van der Waals surface area contributed by atoms with Crippen LogP contribution in [0.15, 0.2) is 59.6 Å². The Bertz CT molecular complexity index is 2150. The van der Waals surface area contributed by atoms with E-state index >= 15 is 4.79 Å². The Morgan fingerprint density at radius 2 is 1.66 bits per heavy atom. The predicted molar refractivity (Wildman–Crippen MR) is 203 cm³/mol. The minimum Gasteiger partial charge on any atom is -0.497 e. The number of nitriles is 1. The lowest BCUT2D eigenvalue weighted by Crippen LogP contribution is -2.54. The van der Waals surface area contributed by atoms with Crippen LogP contribution >= 0.6 is 0 Å². The van der Waals surface area contributed by atoms with Crippen LogP contribution in [0.2, 0.25) is 0 Å². The molecule has 3 aliphatic heterocycles. The van der Waals surface area contributed by atoms with Gasteiger partial charge in [-0.15, -0.1) is 0 Å². The Labute approximate surface area is 334 Å². The second-order valence-electron chi connectivity index (χ2n) is 13.7. The van der Waals surface area contributed by atoms with Gasteiger partial charge in [-0.2, -0.15) is 18.4 Å². The third kappa shape index (κ3) is 8.68. The van der Waals surface area contributed by atoms with Crippen LogP contribution in [0.4, 0.5) is 18.9 Å². The molecular formula is C39H45F3N6O9S. The van der Waals surface area contributed by atoms with Gasteiger partial charge >= 0.3 is 12.1 Å². The third-order valence-corrected chi connectivity index (χ3v) is 12.3. The average Bonchev–Trinajstić information content (AvgIpc) is 3.47. The average molecular weight is 831 g/mol. The zero-order valence-corrected chi connectivity index (χ0v) is 33.3. The molecule has 19 heteroatoms. The number of fused-ring (bicyclic) bond motifs is 1. The molecule has 1 unspecified atom stereocenters. The van der Waals surface area contributed by atoms with E-state index in [4.69, 9.17) is 24.1 Å². The molecule has 6 rings (SSSR count). The summed E-state index contributed by atoms with van der Waals surface area (Å²) in [6, 6.07) is 14.3. The van der Waals surface area contributed by atoms with E-state index in [1.807, 2.05) is 0 Å². The summed E-state index contributed by atoms with van der Waals surface area (Å²) in [5.74, 6) is -3.51. The van der Waals surface area contributed by atoms with Gasteiger partial charge in [0.25, 0.3) is 15.9 Å². The van der Waals surface area contributed by atoms with Crippen molar-refractivity contribution in [2.24, 2.45) is 0 Å². The molecule has 2 amide bonds. The van der Waals surface area contributed by atoms with Crippen molar-refractivity contribution in [3.63, 3.8) is 0 Å². The molecule has 0 spiro atoms. The number of benzene rings is 2. The zero-order valence-electron chi connectivity index (χ0n) is 32.5. The van der Waals surface area contributed by atoms with E-state index in [9.17, 15) is 31.6 Å². The van der Waals surface area contributed by atoms with Crippen LogP contribution in [-0.2, 0) is 29.8 Å². The number of nitrogens with zero attached hydrogens (tertiary/aromatic N) is 6. The molecule has 1 N–H and O–H groups in total. The second kappa shape index (κ2) is 18.0. The van der Waals surface area contributed by atoms with E-state index < -0.39 is 39.9 Å². The highest BCUT2D eigenvalue weighted by Gasteiger charge is 2.59. The third-order valence-electron chi connectivity index (χ3n) is 10.6. The molecule has 2 aromatic carbocycles. The number of hydrogen-bond donors (Lipinski definition) is 1. The molecule has 0 bridgehead atoms. The molecule has 3 aliphatic rings. The smallest absolute Gasteiger partial charge is 0.490 e. The first-order chi connectivity index (χ1) is 27.6. The topological polar surface area (TPSA) is 183 Å². The van der Waals surface area contributed by atoms with E-state index in [2.05, 4.69) is 27.8 Å². The molecule has 2 fully saturated rings. The number of carboxylic acid groups (broad SMARTS) is 1. The molecule has 0 aliphatic carbocycles. The fraction of sp³-hybridized carbons (Fsp3) is 0.462. The standard InChI is InChI=1S/C37H44N6O7S.C2HF3O2/c1-5-40-18-20-41(21-19-40)27-13-16-42(17-14-27)34(44)24-37(29-8-7-15-39-35(29)50-6-2)30-22-26(25-38)9-11-31(30)43(36(37)45)51(46,47)33-12-10-28(48-3)23-32(33)49-4;3-2(4,5)1(6)7/h7-12,15,22-23,27H,5-6,13-14,16-21,24H2,1-4H3;(H,6,7). The monoisotopic (exact) mass is 830 g/mol. The van der Waals surface area contributed by atoms with Gasteiger partial charge in [-0.1, -0.05) is 13.0 Å². The highest BCUT2D eigenvalue weighted by atomic mass is 32.2. The maximum atomic E-state index is 15.2. The highest BCUT2D eigenvalue weighted by molar-refractivity contribution is 7.93. The van der Waals surface area contributed by atoms with Crippen molar-refractivity contribution in [2.75, 3.05) is 70.9 Å². The van der Waals surface area contributed by atoms with Crippen LogP contribution in [-0.4, -0.2) is 130 Å². The van der Waals surface area contributed by atoms with Gasteiger partial charge in [-0.25, -0.2) is 22.5 Å². The minimum atomic E-state index is -5.08. The van der Waals surface area contributed by atoms with Gasteiger partial charge in [0.05, 0.1) is 38.1 Å². The molecule has 1 aromatic heterocycles. The van der Waals surface area contributed by atoms with Gasteiger partial charge in [0, 0.05) is 69.6 Å². The number of likely N-dealkylation sites (N-methyl/N-ethyl adjacent to an activating group) is 1. The van der Waals surface area contributed by atoms with Gasteiger partial charge < -0.3 is 29.1 Å². The van der Waals surface area contributed by atoms with Crippen molar-refractivity contribution in [2.45, 2.75) is 55.6 Å². The molecule has 312 valence electrons. The Balaban J connectivity index is 0.000000839. The van der Waals surface area contributed by atoms with E-state index in [-0.39, 0.29) is 51.4 Å². The molecule has 58 heavy (non-hydrogen) atoms. The largest absolute Gasteiger partial charge is 0.497 e. The number of methoxy groups -OCH3 is 2. The first-order valence-corrected chi connectivity index (χ1v) is 20.0. The summed E-state index contributed by atoms with van der Waals surface area (Å²) >= 11 is 0. The number of rotatable bonds is 11. The predicted octanol–water partition coefficient (Wildman–Crippen LogP) is 4.04. The number of carboxylic acids is 1. The number of alkyl halides is 3. The maximum Gasteiger partial charge on any atom is 0.490 e. The van der Waals surface area contributed by atoms with Crippen LogP contribution in [0.5, 0.6) is 17.4 Å². The first-order valence-electron chi connectivity index (χ1n) is 18.6. The van der Waals surface area contributed by atoms with E-state index in [0.29, 0.717) is 24.9 Å². The van der Waals surface area contributed by atoms with Crippen LogP contribution in [0.3, 0.4) is 0 Å².